The van der Waals surface area contributed by atoms with Gasteiger partial charge in [-0.1, -0.05) is 19.4 Å². The molecule has 112 valence electrons. The predicted octanol–water partition coefficient (Wildman–Crippen LogP) is 1.84. The lowest BCUT2D eigenvalue weighted by Crippen LogP contribution is -2.35. The largest absolute Gasteiger partial charge is 0.493 e. The minimum absolute atomic E-state index is 0.0214. The van der Waals surface area contributed by atoms with Crippen LogP contribution in [0.25, 0.3) is 0 Å². The lowest BCUT2D eigenvalue weighted by Gasteiger charge is -2.14. The van der Waals surface area contributed by atoms with E-state index in [-0.39, 0.29) is 18.6 Å². The third kappa shape index (κ3) is 5.09. The highest BCUT2D eigenvalue weighted by Crippen LogP contribution is 2.27. The predicted molar refractivity (Wildman–Crippen MR) is 78.9 cm³/mol. The zero-order chi connectivity index (χ0) is 15.0. The second-order valence-electron chi connectivity index (χ2n) is 4.74. The Morgan fingerprint density at radius 1 is 1.40 bits per heavy atom. The van der Waals surface area contributed by atoms with Crippen molar-refractivity contribution in [1.82, 2.24) is 5.32 Å². The molecule has 0 saturated heterocycles. The highest BCUT2D eigenvalue weighted by Gasteiger charge is 2.10. The molecule has 0 heterocycles. The number of methoxy groups -OCH3 is 1. The Morgan fingerprint density at radius 3 is 2.75 bits per heavy atom. The van der Waals surface area contributed by atoms with E-state index >= 15 is 0 Å². The van der Waals surface area contributed by atoms with Gasteiger partial charge < -0.3 is 20.5 Å². The fourth-order valence-corrected chi connectivity index (χ4v) is 1.92. The van der Waals surface area contributed by atoms with Gasteiger partial charge in [0.05, 0.1) is 7.11 Å². The average molecular weight is 280 g/mol. The molecule has 1 aromatic carbocycles. The van der Waals surface area contributed by atoms with Gasteiger partial charge in [-0.3, -0.25) is 4.79 Å². The van der Waals surface area contributed by atoms with Crippen LogP contribution in [-0.4, -0.2) is 25.7 Å². The number of ether oxygens (including phenoxy) is 2. The minimum atomic E-state index is -0.129. The van der Waals surface area contributed by atoms with Crippen LogP contribution in [0.3, 0.4) is 0 Å². The van der Waals surface area contributed by atoms with Crippen LogP contribution in [0.15, 0.2) is 18.2 Å². The molecule has 3 N–H and O–H groups in total. The van der Waals surface area contributed by atoms with Gasteiger partial charge >= 0.3 is 0 Å². The molecular weight excluding hydrogens is 256 g/mol. The molecule has 5 heteroatoms. The summed E-state index contributed by atoms with van der Waals surface area (Å²) in [7, 11) is 1.56. The SMILES string of the molecule is CCCC(C)NC(=O)COc1ccc(CN)cc1OC. The third-order valence-corrected chi connectivity index (χ3v) is 2.95. The van der Waals surface area contributed by atoms with Crippen molar-refractivity contribution < 1.29 is 14.3 Å². The molecule has 0 saturated carbocycles. The quantitative estimate of drug-likeness (QED) is 0.762. The van der Waals surface area contributed by atoms with Gasteiger partial charge in [-0.05, 0) is 31.0 Å². The fraction of sp³-hybridized carbons (Fsp3) is 0.533. The van der Waals surface area contributed by atoms with E-state index in [1.165, 1.54) is 0 Å². The van der Waals surface area contributed by atoms with Crippen LogP contribution in [0.4, 0.5) is 0 Å². The Labute approximate surface area is 120 Å². The number of nitrogens with two attached hydrogens (primary N) is 1. The maximum absolute atomic E-state index is 11.7. The van der Waals surface area contributed by atoms with Crippen molar-refractivity contribution in [3.63, 3.8) is 0 Å². The molecule has 1 unspecified atom stereocenters. The fourth-order valence-electron chi connectivity index (χ4n) is 1.92. The Hall–Kier alpha value is -1.75. The molecule has 0 aliphatic carbocycles. The summed E-state index contributed by atoms with van der Waals surface area (Å²) in [5.74, 6) is 1.00. The molecule has 1 rings (SSSR count). The molecule has 0 aliphatic heterocycles. The highest BCUT2D eigenvalue weighted by molar-refractivity contribution is 5.77. The van der Waals surface area contributed by atoms with Crippen LogP contribution in [-0.2, 0) is 11.3 Å². The minimum Gasteiger partial charge on any atom is -0.493 e. The number of benzene rings is 1. The topological polar surface area (TPSA) is 73.6 Å². The monoisotopic (exact) mass is 280 g/mol. The van der Waals surface area contributed by atoms with Crippen molar-refractivity contribution in [1.29, 1.82) is 0 Å². The molecule has 0 bridgehead atoms. The van der Waals surface area contributed by atoms with Crippen LogP contribution in [0, 0.1) is 0 Å². The second-order valence-corrected chi connectivity index (χ2v) is 4.74. The molecule has 1 amide bonds. The first-order valence-electron chi connectivity index (χ1n) is 6.89. The summed E-state index contributed by atoms with van der Waals surface area (Å²) in [6, 6.07) is 5.60. The number of rotatable bonds is 8. The van der Waals surface area contributed by atoms with E-state index < -0.39 is 0 Å². The van der Waals surface area contributed by atoms with E-state index in [2.05, 4.69) is 12.2 Å². The molecule has 20 heavy (non-hydrogen) atoms. The van der Waals surface area contributed by atoms with Crippen molar-refractivity contribution in [3.05, 3.63) is 23.8 Å². The highest BCUT2D eigenvalue weighted by atomic mass is 16.5. The molecule has 0 radical (unpaired) electrons. The maximum atomic E-state index is 11.7. The van der Waals surface area contributed by atoms with Crippen molar-refractivity contribution in [3.8, 4) is 11.5 Å². The van der Waals surface area contributed by atoms with E-state index in [1.54, 1.807) is 13.2 Å². The summed E-state index contributed by atoms with van der Waals surface area (Å²) in [5, 5.41) is 2.89. The van der Waals surface area contributed by atoms with Gasteiger partial charge in [0.2, 0.25) is 0 Å². The van der Waals surface area contributed by atoms with E-state index in [9.17, 15) is 4.79 Å². The van der Waals surface area contributed by atoms with Gasteiger partial charge in [0.15, 0.2) is 18.1 Å². The summed E-state index contributed by atoms with van der Waals surface area (Å²) in [5.41, 5.74) is 6.52. The normalized spacial score (nSPS) is 11.8. The van der Waals surface area contributed by atoms with E-state index in [4.69, 9.17) is 15.2 Å². The van der Waals surface area contributed by atoms with Gasteiger partial charge in [-0.15, -0.1) is 0 Å². The average Bonchev–Trinajstić information content (AvgIpc) is 2.45. The molecular formula is C15H24N2O3. The van der Waals surface area contributed by atoms with Crippen molar-refractivity contribution in [2.75, 3.05) is 13.7 Å². The van der Waals surface area contributed by atoms with Crippen LogP contribution < -0.4 is 20.5 Å². The van der Waals surface area contributed by atoms with Gasteiger partial charge in [0.1, 0.15) is 0 Å². The third-order valence-electron chi connectivity index (χ3n) is 2.95. The Bertz CT molecular complexity index is 435. The van der Waals surface area contributed by atoms with Gasteiger partial charge in [-0.2, -0.15) is 0 Å². The lowest BCUT2D eigenvalue weighted by molar-refractivity contribution is -0.123. The zero-order valence-corrected chi connectivity index (χ0v) is 12.4. The van der Waals surface area contributed by atoms with E-state index in [1.807, 2.05) is 19.1 Å². The zero-order valence-electron chi connectivity index (χ0n) is 12.4. The number of hydrogen-bond acceptors (Lipinski definition) is 4. The van der Waals surface area contributed by atoms with Crippen LogP contribution in [0.1, 0.15) is 32.3 Å². The lowest BCUT2D eigenvalue weighted by atomic mass is 10.2. The van der Waals surface area contributed by atoms with Gasteiger partial charge in [0.25, 0.3) is 5.91 Å². The summed E-state index contributed by atoms with van der Waals surface area (Å²) in [4.78, 5) is 11.7. The summed E-state index contributed by atoms with van der Waals surface area (Å²) in [6.45, 7) is 4.49. The molecule has 0 spiro atoms. The molecule has 0 aromatic heterocycles. The Morgan fingerprint density at radius 2 is 2.15 bits per heavy atom. The Balaban J connectivity index is 2.54. The molecule has 5 nitrogen and oxygen atoms in total. The number of nitrogens with one attached hydrogen (secondary N) is 1. The first-order valence-corrected chi connectivity index (χ1v) is 6.89. The number of hydrogen-bond donors (Lipinski definition) is 2. The molecule has 1 atom stereocenters. The standard InChI is InChI=1S/C15H24N2O3/c1-4-5-11(2)17-15(18)10-20-13-7-6-12(9-16)8-14(13)19-3/h6-8,11H,4-5,9-10,16H2,1-3H3,(H,17,18). The van der Waals surface area contributed by atoms with Crippen molar-refractivity contribution in [2.24, 2.45) is 5.73 Å². The summed E-state index contributed by atoms with van der Waals surface area (Å²) < 4.78 is 10.7. The second kappa shape index (κ2) is 8.43. The first-order chi connectivity index (χ1) is 9.60. The summed E-state index contributed by atoms with van der Waals surface area (Å²) in [6.07, 6.45) is 2.00. The van der Waals surface area contributed by atoms with Gasteiger partial charge in [0, 0.05) is 12.6 Å². The van der Waals surface area contributed by atoms with E-state index in [0.29, 0.717) is 18.0 Å². The summed E-state index contributed by atoms with van der Waals surface area (Å²) >= 11 is 0. The van der Waals surface area contributed by atoms with Crippen LogP contribution in [0.5, 0.6) is 11.5 Å². The number of carbonyl (C=O) groups excluding carboxylic acids is 1. The van der Waals surface area contributed by atoms with Crippen LogP contribution in [0.2, 0.25) is 0 Å². The maximum Gasteiger partial charge on any atom is 0.258 e. The van der Waals surface area contributed by atoms with Crippen molar-refractivity contribution in [2.45, 2.75) is 39.3 Å². The Kier molecular flexibility index (Phi) is 6.87. The molecule has 1 aromatic rings. The van der Waals surface area contributed by atoms with Crippen molar-refractivity contribution >= 4 is 5.91 Å². The molecule has 0 aliphatic rings. The first kappa shape index (κ1) is 16.3. The number of amides is 1. The smallest absolute Gasteiger partial charge is 0.258 e. The van der Waals surface area contributed by atoms with E-state index in [0.717, 1.165) is 18.4 Å². The molecule has 0 fully saturated rings. The van der Waals surface area contributed by atoms with Gasteiger partial charge in [-0.25, -0.2) is 0 Å². The number of carbonyl (C=O) groups is 1. The van der Waals surface area contributed by atoms with Crippen LogP contribution >= 0.6 is 0 Å².